The monoisotopic (exact) mass is 386 g/mol. The molecule has 1 N–H and O–H groups in total. The van der Waals surface area contributed by atoms with E-state index in [1.165, 1.54) is 13.2 Å². The van der Waals surface area contributed by atoms with Crippen LogP contribution in [0.1, 0.15) is 12.8 Å². The SMILES string of the molecule is CO[C@@H]1CS(=O)(=O)C[C@H]1NC(=O)N1CCC(Oc2ccccc2F)CC1. The number of piperidine rings is 1. The number of carbonyl (C=O) groups excluding carboxylic acids is 1. The number of ether oxygens (including phenoxy) is 2. The smallest absolute Gasteiger partial charge is 0.317 e. The highest BCUT2D eigenvalue weighted by molar-refractivity contribution is 7.91. The molecule has 2 amide bonds. The maximum absolute atomic E-state index is 13.6. The largest absolute Gasteiger partial charge is 0.487 e. The summed E-state index contributed by atoms with van der Waals surface area (Å²) in [5.41, 5.74) is 0. The predicted octanol–water partition coefficient (Wildman–Crippen LogP) is 1.19. The van der Waals surface area contributed by atoms with Crippen LogP contribution in [-0.4, -0.2) is 69.3 Å². The number of nitrogens with one attached hydrogen (secondary N) is 1. The van der Waals surface area contributed by atoms with E-state index < -0.39 is 27.8 Å². The van der Waals surface area contributed by atoms with Gasteiger partial charge in [0.25, 0.3) is 0 Å². The average molecular weight is 386 g/mol. The topological polar surface area (TPSA) is 84.9 Å². The molecule has 0 aromatic heterocycles. The van der Waals surface area contributed by atoms with E-state index >= 15 is 0 Å². The van der Waals surface area contributed by atoms with Crippen molar-refractivity contribution in [3.05, 3.63) is 30.1 Å². The first-order chi connectivity index (χ1) is 12.4. The second-order valence-corrected chi connectivity index (χ2v) is 8.80. The minimum Gasteiger partial charge on any atom is -0.487 e. The molecule has 0 saturated carbocycles. The summed E-state index contributed by atoms with van der Waals surface area (Å²) in [6, 6.07) is 5.40. The van der Waals surface area contributed by atoms with E-state index in [2.05, 4.69) is 5.32 Å². The number of amides is 2. The lowest BCUT2D eigenvalue weighted by Crippen LogP contribution is -2.52. The molecule has 0 unspecified atom stereocenters. The van der Waals surface area contributed by atoms with E-state index in [4.69, 9.17) is 9.47 Å². The molecule has 9 heteroatoms. The van der Waals surface area contributed by atoms with Gasteiger partial charge in [0.15, 0.2) is 21.4 Å². The van der Waals surface area contributed by atoms with Crippen LogP contribution in [0.25, 0.3) is 0 Å². The first-order valence-corrected chi connectivity index (χ1v) is 10.4. The molecule has 1 aromatic carbocycles. The van der Waals surface area contributed by atoms with Crippen molar-refractivity contribution < 1.29 is 27.1 Å². The first kappa shape index (κ1) is 18.9. The van der Waals surface area contributed by atoms with Crippen LogP contribution >= 0.6 is 0 Å². The van der Waals surface area contributed by atoms with E-state index in [0.29, 0.717) is 25.9 Å². The van der Waals surface area contributed by atoms with Gasteiger partial charge in [-0.15, -0.1) is 0 Å². The van der Waals surface area contributed by atoms with Gasteiger partial charge in [0.1, 0.15) is 6.10 Å². The Morgan fingerprint density at radius 3 is 2.58 bits per heavy atom. The lowest BCUT2D eigenvalue weighted by atomic mass is 10.1. The van der Waals surface area contributed by atoms with Gasteiger partial charge in [0, 0.05) is 33.0 Å². The summed E-state index contributed by atoms with van der Waals surface area (Å²) >= 11 is 0. The summed E-state index contributed by atoms with van der Waals surface area (Å²) in [7, 11) is -1.75. The van der Waals surface area contributed by atoms with Gasteiger partial charge in [-0.25, -0.2) is 17.6 Å². The van der Waals surface area contributed by atoms with Gasteiger partial charge in [0.2, 0.25) is 0 Å². The molecular weight excluding hydrogens is 363 g/mol. The second-order valence-electron chi connectivity index (χ2n) is 6.64. The molecule has 2 saturated heterocycles. The minimum atomic E-state index is -3.19. The number of para-hydroxylation sites is 1. The normalized spacial score (nSPS) is 25.8. The number of hydrogen-bond donors (Lipinski definition) is 1. The molecule has 0 bridgehead atoms. The molecule has 2 heterocycles. The van der Waals surface area contributed by atoms with Crippen LogP contribution in [0, 0.1) is 5.82 Å². The van der Waals surface area contributed by atoms with Crippen LogP contribution in [-0.2, 0) is 14.6 Å². The number of methoxy groups -OCH3 is 1. The summed E-state index contributed by atoms with van der Waals surface area (Å²) in [5, 5.41) is 2.76. The van der Waals surface area contributed by atoms with Crippen LogP contribution < -0.4 is 10.1 Å². The fourth-order valence-electron chi connectivity index (χ4n) is 3.33. The summed E-state index contributed by atoms with van der Waals surface area (Å²) in [6.07, 6.45) is 0.483. The van der Waals surface area contributed by atoms with Crippen LogP contribution in [0.15, 0.2) is 24.3 Å². The third-order valence-corrected chi connectivity index (χ3v) is 6.47. The number of carbonyl (C=O) groups is 1. The molecule has 0 aliphatic carbocycles. The van der Waals surface area contributed by atoms with E-state index in [1.54, 1.807) is 23.1 Å². The second kappa shape index (κ2) is 7.79. The van der Waals surface area contributed by atoms with Crippen LogP contribution in [0.3, 0.4) is 0 Å². The number of nitrogens with zero attached hydrogens (tertiary/aromatic N) is 1. The fourth-order valence-corrected chi connectivity index (χ4v) is 5.18. The Morgan fingerprint density at radius 1 is 1.23 bits per heavy atom. The number of halogens is 1. The standard InChI is InChI=1S/C17H23FN2O5S/c1-24-16-11-26(22,23)10-14(16)19-17(21)20-8-6-12(7-9-20)25-15-5-3-2-4-13(15)18/h2-5,12,14,16H,6-11H2,1H3,(H,19,21)/t14-,16-/m1/s1. The van der Waals surface area contributed by atoms with Gasteiger partial charge >= 0.3 is 6.03 Å². The molecule has 144 valence electrons. The zero-order valence-corrected chi connectivity index (χ0v) is 15.4. The number of rotatable bonds is 4. The molecule has 2 fully saturated rings. The zero-order chi connectivity index (χ0) is 18.7. The molecule has 3 rings (SSSR count). The van der Waals surface area contributed by atoms with E-state index in [0.717, 1.165) is 0 Å². The van der Waals surface area contributed by atoms with Crippen molar-refractivity contribution in [2.24, 2.45) is 0 Å². The Bertz CT molecular complexity index is 749. The number of likely N-dealkylation sites (tertiary alicyclic amines) is 1. The first-order valence-electron chi connectivity index (χ1n) is 8.58. The Kier molecular flexibility index (Phi) is 5.67. The molecule has 7 nitrogen and oxygen atoms in total. The minimum absolute atomic E-state index is 0.0764. The third-order valence-electron chi connectivity index (χ3n) is 4.77. The molecule has 0 radical (unpaired) electrons. The van der Waals surface area contributed by atoms with Crippen LogP contribution in [0.5, 0.6) is 5.75 Å². The highest BCUT2D eigenvalue weighted by Crippen LogP contribution is 2.22. The fraction of sp³-hybridized carbons (Fsp3) is 0.588. The van der Waals surface area contributed by atoms with Gasteiger partial charge in [-0.1, -0.05) is 12.1 Å². The average Bonchev–Trinajstić information content (AvgIpc) is 2.91. The summed E-state index contributed by atoms with van der Waals surface area (Å²) < 4.78 is 47.9. The maximum atomic E-state index is 13.6. The molecular formula is C17H23FN2O5S. The van der Waals surface area contributed by atoms with Gasteiger partial charge in [0.05, 0.1) is 23.7 Å². The van der Waals surface area contributed by atoms with Crippen molar-refractivity contribution in [2.45, 2.75) is 31.1 Å². The number of sulfone groups is 1. The Morgan fingerprint density at radius 2 is 1.92 bits per heavy atom. The summed E-state index contributed by atoms with van der Waals surface area (Å²) in [6.45, 7) is 0.921. The zero-order valence-electron chi connectivity index (χ0n) is 14.6. The van der Waals surface area contributed by atoms with Crippen LogP contribution in [0.2, 0.25) is 0 Å². The highest BCUT2D eigenvalue weighted by Gasteiger charge is 2.39. The van der Waals surface area contributed by atoms with Crippen LogP contribution in [0.4, 0.5) is 9.18 Å². The Labute approximate surface area is 152 Å². The van der Waals surface area contributed by atoms with Crippen molar-refractivity contribution in [1.82, 2.24) is 10.2 Å². The van der Waals surface area contributed by atoms with Crippen molar-refractivity contribution in [1.29, 1.82) is 0 Å². The molecule has 2 atom stereocenters. The summed E-state index contributed by atoms with van der Waals surface area (Å²) in [4.78, 5) is 14.0. The van der Waals surface area contributed by atoms with E-state index in [1.807, 2.05) is 0 Å². The van der Waals surface area contributed by atoms with E-state index in [9.17, 15) is 17.6 Å². The highest BCUT2D eigenvalue weighted by atomic mass is 32.2. The van der Waals surface area contributed by atoms with Gasteiger partial charge in [-0.2, -0.15) is 0 Å². The molecule has 1 aromatic rings. The van der Waals surface area contributed by atoms with Crippen molar-refractivity contribution >= 4 is 15.9 Å². The number of urea groups is 1. The molecule has 2 aliphatic heterocycles. The van der Waals surface area contributed by atoms with Gasteiger partial charge in [-0.3, -0.25) is 0 Å². The number of benzene rings is 1. The molecule has 0 spiro atoms. The van der Waals surface area contributed by atoms with Crippen molar-refractivity contribution in [2.75, 3.05) is 31.7 Å². The quantitative estimate of drug-likeness (QED) is 0.840. The lowest BCUT2D eigenvalue weighted by molar-refractivity contribution is 0.0880. The predicted molar refractivity (Wildman–Crippen MR) is 93.4 cm³/mol. The van der Waals surface area contributed by atoms with Gasteiger partial charge in [-0.05, 0) is 12.1 Å². The lowest BCUT2D eigenvalue weighted by Gasteiger charge is -2.33. The molecule has 2 aliphatic rings. The van der Waals surface area contributed by atoms with Crippen molar-refractivity contribution in [3.63, 3.8) is 0 Å². The number of hydrogen-bond acceptors (Lipinski definition) is 5. The third kappa shape index (κ3) is 4.45. The van der Waals surface area contributed by atoms with E-state index in [-0.39, 0.29) is 29.4 Å². The molecule has 26 heavy (non-hydrogen) atoms. The maximum Gasteiger partial charge on any atom is 0.317 e. The van der Waals surface area contributed by atoms with Crippen molar-refractivity contribution in [3.8, 4) is 5.75 Å². The summed E-state index contributed by atoms with van der Waals surface area (Å²) in [5.74, 6) is -0.368. The van der Waals surface area contributed by atoms with Gasteiger partial charge < -0.3 is 19.7 Å². The Hall–Kier alpha value is -1.87. The Balaban J connectivity index is 1.50.